The van der Waals surface area contributed by atoms with Crippen molar-refractivity contribution in [3.63, 3.8) is 0 Å². The summed E-state index contributed by atoms with van der Waals surface area (Å²) in [6.45, 7) is 2.25. The quantitative estimate of drug-likeness (QED) is 0.557. The third-order valence-electron chi connectivity index (χ3n) is 0.224. The Kier molecular flexibility index (Phi) is 118. The Bertz CT molecular complexity index is 12.1. The summed E-state index contributed by atoms with van der Waals surface area (Å²) >= 11 is 0. The largest absolute Gasteiger partial charge is 4.00 e. The van der Waals surface area contributed by atoms with Crippen molar-refractivity contribution in [1.82, 2.24) is 0 Å². The molecule has 3 nitrogen and oxygen atoms in total. The molecule has 0 saturated carbocycles. The molecule has 0 amide bonds. The topological polar surface area (TPSA) is 77.2 Å². The van der Waals surface area contributed by atoms with Gasteiger partial charge in [-0.1, -0.05) is 6.92 Å². The van der Waals surface area contributed by atoms with E-state index in [0.717, 1.165) is 6.42 Å². The first-order valence-electron chi connectivity index (χ1n) is 1.52. The van der Waals surface area contributed by atoms with Gasteiger partial charge in [-0.05, 0) is 6.42 Å². The van der Waals surface area contributed by atoms with Gasteiger partial charge < -0.3 is 16.1 Å². The van der Waals surface area contributed by atoms with Crippen LogP contribution < -0.4 is 0 Å². The van der Waals surface area contributed by atoms with Crippen LogP contribution in [0.4, 0.5) is 0 Å². The van der Waals surface area contributed by atoms with Gasteiger partial charge in [-0.25, -0.2) is 0 Å². The Labute approximate surface area is 55.2 Å². The molecule has 43 valence electrons. The van der Waals surface area contributed by atoms with Gasteiger partial charge >= 0.3 is 18.6 Å². The molecule has 0 fully saturated rings. The molecule has 0 spiro atoms. The predicted octanol–water partition coefficient (Wildman–Crippen LogP) is 0.149. The summed E-state index contributed by atoms with van der Waals surface area (Å²) in [7, 11) is 0. The molecule has 0 aromatic rings. The molecule has 0 aliphatic carbocycles. The molecule has 0 aliphatic heterocycles. The van der Waals surface area contributed by atoms with Crippen LogP contribution in [-0.2, 0) is 29.5 Å². The molecule has 0 unspecified atom stereocenters. The maximum atomic E-state index is 7.88. The fraction of sp³-hybridized carbons (Fsp3) is 1.00. The number of rotatable bonds is 1. The van der Waals surface area contributed by atoms with Crippen LogP contribution in [0.25, 0.3) is 0 Å². The first-order valence-corrected chi connectivity index (χ1v) is 1.52. The Morgan fingerprint density at radius 2 is 1.43 bits per heavy atom. The maximum Gasteiger partial charge on any atom is 4.00 e. The Hall–Kier alpha value is 0.464. The molecule has 4 heteroatoms. The first kappa shape index (κ1) is 26.0. The number of hydrogen-bond donors (Lipinski definition) is 1. The van der Waals surface area contributed by atoms with Gasteiger partial charge in [0.25, 0.3) is 0 Å². The van der Waals surface area contributed by atoms with Crippen molar-refractivity contribution in [3.05, 3.63) is 0 Å². The average molecular weight is 143 g/mol. The van der Waals surface area contributed by atoms with Crippen molar-refractivity contribution in [3.8, 4) is 0 Å². The van der Waals surface area contributed by atoms with Crippen LogP contribution in [0.15, 0.2) is 0 Å². The van der Waals surface area contributed by atoms with Crippen LogP contribution in [0.3, 0.4) is 0 Å². The Morgan fingerprint density at radius 3 is 1.43 bits per heavy atom. The zero-order chi connectivity index (χ0) is 3.41. The molecule has 0 aliphatic rings. The Balaban J connectivity index is -0.0000000150. The predicted molar refractivity (Wildman–Crippen MR) is 18.7 cm³/mol. The molecule has 0 aromatic heterocycles. The molecular formula is C3H8O3V. The maximum absolute atomic E-state index is 7.88. The third-order valence-corrected chi connectivity index (χ3v) is 0.224. The summed E-state index contributed by atoms with van der Waals surface area (Å²) in [5.74, 6) is 0. The van der Waals surface area contributed by atoms with E-state index in [1.807, 2.05) is 6.92 Å². The second-order valence-electron chi connectivity index (χ2n) is 0.724. The number of hydrogen-bond acceptors (Lipinski definition) is 1. The monoisotopic (exact) mass is 143 g/mol. The smallest absolute Gasteiger partial charge is 2.00 e. The van der Waals surface area contributed by atoms with E-state index in [-0.39, 0.29) is 29.5 Å². The summed E-state index contributed by atoms with van der Waals surface area (Å²) in [4.78, 5) is 0. The summed E-state index contributed by atoms with van der Waals surface area (Å²) < 4.78 is 0. The van der Waals surface area contributed by atoms with Crippen molar-refractivity contribution in [2.24, 2.45) is 0 Å². The van der Waals surface area contributed by atoms with E-state index in [9.17, 15) is 0 Å². The molecule has 0 aromatic carbocycles. The van der Waals surface area contributed by atoms with Crippen LogP contribution in [0.5, 0.6) is 0 Å². The second kappa shape index (κ2) is 31.8. The minimum absolute atomic E-state index is 0. The van der Waals surface area contributed by atoms with E-state index in [1.54, 1.807) is 0 Å². The van der Waals surface area contributed by atoms with Gasteiger partial charge in [0, 0.05) is 6.61 Å². The molecule has 0 saturated heterocycles. The molecule has 7 heavy (non-hydrogen) atoms. The molecule has 0 heterocycles. The van der Waals surface area contributed by atoms with Crippen molar-refractivity contribution in [2.75, 3.05) is 6.61 Å². The second-order valence-corrected chi connectivity index (χ2v) is 0.724. The van der Waals surface area contributed by atoms with Gasteiger partial charge in [-0.3, -0.25) is 0 Å². The van der Waals surface area contributed by atoms with E-state index in [2.05, 4.69) is 0 Å². The summed E-state index contributed by atoms with van der Waals surface area (Å²) in [6.07, 6.45) is 0.875. The first-order chi connectivity index (χ1) is 1.91. The average Bonchev–Trinajstić information content (AvgIpc) is 1.37. The van der Waals surface area contributed by atoms with Gasteiger partial charge in [0.15, 0.2) is 0 Å². The standard InChI is InChI=1S/C3H8O.2O.V/c1-2-3-4;;;/h4H,2-3H2,1H3;;;/q;2*-2;+4. The molecule has 1 radical (unpaired) electrons. The molecule has 0 atom stereocenters. The number of aliphatic hydroxyl groups excluding tert-OH is 1. The molecular weight excluding hydrogens is 135 g/mol. The van der Waals surface area contributed by atoms with Crippen molar-refractivity contribution >= 4 is 0 Å². The van der Waals surface area contributed by atoms with Crippen LogP contribution in [-0.4, -0.2) is 11.7 Å². The van der Waals surface area contributed by atoms with Crippen molar-refractivity contribution in [1.29, 1.82) is 0 Å². The zero-order valence-corrected chi connectivity index (χ0v) is 5.52. The summed E-state index contributed by atoms with van der Waals surface area (Å²) in [6, 6.07) is 0. The third kappa shape index (κ3) is 60.1. The number of aliphatic hydroxyl groups is 1. The summed E-state index contributed by atoms with van der Waals surface area (Å²) in [5, 5.41) is 7.88. The van der Waals surface area contributed by atoms with E-state index < -0.39 is 0 Å². The summed E-state index contributed by atoms with van der Waals surface area (Å²) in [5.41, 5.74) is 0. The van der Waals surface area contributed by atoms with E-state index in [1.165, 1.54) is 0 Å². The van der Waals surface area contributed by atoms with Crippen LogP contribution >= 0.6 is 0 Å². The molecule has 1 N–H and O–H groups in total. The van der Waals surface area contributed by atoms with Crippen LogP contribution in [0.2, 0.25) is 0 Å². The SMILES string of the molecule is CCCO.[O-2].[O-2].[V+4]. The van der Waals surface area contributed by atoms with E-state index in [4.69, 9.17) is 5.11 Å². The fourth-order valence-corrected chi connectivity index (χ4v) is 0. The van der Waals surface area contributed by atoms with E-state index in [0.29, 0.717) is 6.61 Å². The fourth-order valence-electron chi connectivity index (χ4n) is 0. The Morgan fingerprint density at radius 1 is 1.29 bits per heavy atom. The van der Waals surface area contributed by atoms with Gasteiger partial charge in [-0.2, -0.15) is 0 Å². The van der Waals surface area contributed by atoms with Gasteiger partial charge in [0.05, 0.1) is 0 Å². The van der Waals surface area contributed by atoms with E-state index >= 15 is 0 Å². The molecule has 0 bridgehead atoms. The van der Waals surface area contributed by atoms with Crippen LogP contribution in [0.1, 0.15) is 13.3 Å². The normalized spacial score (nSPS) is 4.29. The van der Waals surface area contributed by atoms with Crippen LogP contribution in [0, 0.1) is 0 Å². The van der Waals surface area contributed by atoms with Crippen molar-refractivity contribution in [2.45, 2.75) is 13.3 Å². The molecule has 0 rings (SSSR count). The van der Waals surface area contributed by atoms with Gasteiger partial charge in [0.2, 0.25) is 0 Å². The van der Waals surface area contributed by atoms with Gasteiger partial charge in [-0.15, -0.1) is 0 Å². The zero-order valence-electron chi connectivity index (χ0n) is 4.13. The van der Waals surface area contributed by atoms with Crippen molar-refractivity contribution < 1.29 is 34.6 Å². The van der Waals surface area contributed by atoms with Gasteiger partial charge in [0.1, 0.15) is 0 Å². The minimum Gasteiger partial charge on any atom is -2.00 e. The minimum atomic E-state index is 0.